The molecule has 0 heterocycles. The molecule has 0 aliphatic heterocycles. The van der Waals surface area contributed by atoms with Crippen molar-refractivity contribution < 1.29 is 13.2 Å². The molecule has 7 heteroatoms. The van der Waals surface area contributed by atoms with Crippen LogP contribution in [-0.2, 0) is 0 Å². The Morgan fingerprint density at radius 2 is 1.47 bits per heavy atom. The third kappa shape index (κ3) is 7.25. The summed E-state index contributed by atoms with van der Waals surface area (Å²) in [6, 6.07) is 0.127. The molecule has 0 rings (SSSR count). The first kappa shape index (κ1) is 16.3. The van der Waals surface area contributed by atoms with E-state index >= 15 is 0 Å². The van der Waals surface area contributed by atoms with Crippen molar-refractivity contribution in [2.75, 3.05) is 28.2 Å². The second-order valence-corrected chi connectivity index (χ2v) is 9.48. The second-order valence-electron chi connectivity index (χ2n) is 5.13. The van der Waals surface area contributed by atoms with E-state index in [1.165, 1.54) is 0 Å². The summed E-state index contributed by atoms with van der Waals surface area (Å²) in [5.41, 5.74) is 0. The van der Waals surface area contributed by atoms with Gasteiger partial charge in [0.2, 0.25) is 0 Å². The Labute approximate surface area is 102 Å². The molecule has 3 nitrogen and oxygen atoms in total. The minimum Gasteiger partial charge on any atom is -0.350 e. The maximum absolute atomic E-state index is 12.2. The van der Waals surface area contributed by atoms with Gasteiger partial charge in [0, 0.05) is 34.6 Å². The van der Waals surface area contributed by atoms with Gasteiger partial charge < -0.3 is 9.80 Å². The number of hydrogen-bond acceptors (Lipinski definition) is 1. The SMILES string of the molecule is CN(C)C(=N[Si](C)(C)CCC(F)(F)F)N(C)C. The summed E-state index contributed by atoms with van der Waals surface area (Å²) in [6.07, 6.45) is -4.83. The van der Waals surface area contributed by atoms with Crippen LogP contribution in [0.5, 0.6) is 0 Å². The highest BCUT2D eigenvalue weighted by Gasteiger charge is 2.32. The summed E-state index contributed by atoms with van der Waals surface area (Å²) in [4.78, 5) is 3.64. The molecule has 0 aliphatic carbocycles. The number of hydrogen-bond donors (Lipinski definition) is 0. The molecular formula is C10H22F3N3Si. The van der Waals surface area contributed by atoms with Crippen molar-refractivity contribution in [2.45, 2.75) is 31.7 Å². The average Bonchev–Trinajstić information content (AvgIpc) is 2.09. The van der Waals surface area contributed by atoms with Gasteiger partial charge in [-0.3, -0.25) is 4.66 Å². The first-order valence-electron chi connectivity index (χ1n) is 5.46. The normalized spacial score (nSPS) is 12.3. The van der Waals surface area contributed by atoms with Gasteiger partial charge in [0.1, 0.15) is 0 Å². The number of rotatable bonds is 3. The fourth-order valence-corrected chi connectivity index (χ4v) is 3.32. The largest absolute Gasteiger partial charge is 0.388 e. The molecule has 0 aromatic carbocycles. The van der Waals surface area contributed by atoms with Crippen LogP contribution in [-0.4, -0.2) is 58.4 Å². The summed E-state index contributed by atoms with van der Waals surface area (Å²) in [5.74, 6) is 0.726. The lowest BCUT2D eigenvalue weighted by atomic mass is 10.5. The molecule has 0 atom stereocenters. The minimum absolute atomic E-state index is 0.127. The summed E-state index contributed by atoms with van der Waals surface area (Å²) in [6.45, 7) is 3.71. The molecule has 0 saturated carbocycles. The molecule has 0 saturated heterocycles. The molecule has 0 bridgehead atoms. The highest BCUT2D eigenvalue weighted by Crippen LogP contribution is 2.26. The Balaban J connectivity index is 4.75. The quantitative estimate of drug-likeness (QED) is 0.445. The summed E-state index contributed by atoms with van der Waals surface area (Å²) in [7, 11) is 5.14. The molecule has 102 valence electrons. The van der Waals surface area contributed by atoms with Crippen LogP contribution in [0.25, 0.3) is 0 Å². The highest BCUT2D eigenvalue weighted by atomic mass is 28.3. The molecule has 17 heavy (non-hydrogen) atoms. The molecule has 0 aromatic heterocycles. The van der Waals surface area contributed by atoms with E-state index in [4.69, 9.17) is 0 Å². The Morgan fingerprint density at radius 3 is 1.76 bits per heavy atom. The lowest BCUT2D eigenvalue weighted by molar-refractivity contribution is -0.130. The van der Waals surface area contributed by atoms with Crippen LogP contribution in [0.4, 0.5) is 13.2 Å². The molecule has 0 fully saturated rings. The van der Waals surface area contributed by atoms with Crippen LogP contribution in [0, 0.1) is 0 Å². The Bertz CT molecular complexity index is 262. The number of alkyl halides is 3. The van der Waals surface area contributed by atoms with Crippen molar-refractivity contribution in [3.05, 3.63) is 0 Å². The van der Waals surface area contributed by atoms with E-state index in [0.717, 1.165) is 5.96 Å². The third-order valence-electron chi connectivity index (χ3n) is 2.22. The van der Waals surface area contributed by atoms with Crippen molar-refractivity contribution in [3.8, 4) is 0 Å². The van der Waals surface area contributed by atoms with E-state index in [0.29, 0.717) is 0 Å². The molecule has 0 aromatic rings. The van der Waals surface area contributed by atoms with Gasteiger partial charge in [0.05, 0.1) is 0 Å². The molecule has 0 N–H and O–H groups in total. The summed E-state index contributed by atoms with van der Waals surface area (Å²) >= 11 is 0. The topological polar surface area (TPSA) is 18.8 Å². The molecular weight excluding hydrogens is 247 g/mol. The van der Waals surface area contributed by atoms with E-state index in [2.05, 4.69) is 4.66 Å². The Kier molecular flexibility index (Phi) is 5.50. The zero-order chi connectivity index (χ0) is 13.9. The number of guanidine groups is 1. The van der Waals surface area contributed by atoms with Crippen LogP contribution in [0.15, 0.2) is 4.66 Å². The van der Waals surface area contributed by atoms with Gasteiger partial charge >= 0.3 is 6.18 Å². The van der Waals surface area contributed by atoms with Gasteiger partial charge in [-0.2, -0.15) is 13.2 Å². The van der Waals surface area contributed by atoms with Crippen LogP contribution in [0.3, 0.4) is 0 Å². The van der Waals surface area contributed by atoms with Crippen molar-refractivity contribution in [1.29, 1.82) is 0 Å². The molecule has 0 radical (unpaired) electrons. The predicted molar refractivity (Wildman–Crippen MR) is 67.8 cm³/mol. The Hall–Kier alpha value is -0.723. The zero-order valence-electron chi connectivity index (χ0n) is 11.4. The monoisotopic (exact) mass is 269 g/mol. The summed E-state index contributed by atoms with van der Waals surface area (Å²) < 4.78 is 41.1. The molecule has 0 aliphatic rings. The molecule has 0 spiro atoms. The highest BCUT2D eigenvalue weighted by molar-refractivity contribution is 6.76. The van der Waals surface area contributed by atoms with Gasteiger partial charge in [-0.25, -0.2) is 0 Å². The van der Waals surface area contributed by atoms with E-state index in [-0.39, 0.29) is 6.04 Å². The van der Waals surface area contributed by atoms with Crippen LogP contribution in [0.2, 0.25) is 19.1 Å². The van der Waals surface area contributed by atoms with Gasteiger partial charge in [-0.05, 0) is 19.1 Å². The first-order valence-corrected chi connectivity index (χ1v) is 8.61. The second kappa shape index (κ2) is 5.75. The standard InChI is InChI=1S/C10H22F3N3Si/c1-15(2)9(16(3)4)14-17(5,6)8-7-10(11,12)13/h7-8H2,1-6H3. The van der Waals surface area contributed by atoms with Crippen molar-refractivity contribution in [1.82, 2.24) is 9.80 Å². The van der Waals surface area contributed by atoms with E-state index < -0.39 is 20.8 Å². The average molecular weight is 269 g/mol. The van der Waals surface area contributed by atoms with Crippen LogP contribution < -0.4 is 0 Å². The van der Waals surface area contributed by atoms with Crippen molar-refractivity contribution in [2.24, 2.45) is 4.66 Å². The van der Waals surface area contributed by atoms with Crippen LogP contribution >= 0.6 is 0 Å². The Morgan fingerprint density at radius 1 is 1.06 bits per heavy atom. The van der Waals surface area contributed by atoms with Crippen LogP contribution in [0.1, 0.15) is 6.42 Å². The fraction of sp³-hybridized carbons (Fsp3) is 0.900. The van der Waals surface area contributed by atoms with Crippen molar-refractivity contribution >= 4 is 14.2 Å². The number of halogens is 3. The number of nitrogens with zero attached hydrogens (tertiary/aromatic N) is 3. The van der Waals surface area contributed by atoms with Gasteiger partial charge in [0.25, 0.3) is 0 Å². The van der Waals surface area contributed by atoms with Gasteiger partial charge in [-0.15, -0.1) is 0 Å². The van der Waals surface area contributed by atoms with E-state index in [1.54, 1.807) is 0 Å². The van der Waals surface area contributed by atoms with Crippen molar-refractivity contribution in [3.63, 3.8) is 0 Å². The minimum atomic E-state index is -4.09. The predicted octanol–water partition coefficient (Wildman–Crippen LogP) is 2.62. The van der Waals surface area contributed by atoms with Gasteiger partial charge in [-0.1, -0.05) is 0 Å². The lowest BCUT2D eigenvalue weighted by Gasteiger charge is -2.27. The molecule has 0 amide bonds. The summed E-state index contributed by atoms with van der Waals surface area (Å²) in [5, 5.41) is 0. The van der Waals surface area contributed by atoms with E-state index in [1.807, 2.05) is 51.1 Å². The van der Waals surface area contributed by atoms with Gasteiger partial charge in [0.15, 0.2) is 14.2 Å². The van der Waals surface area contributed by atoms with E-state index in [9.17, 15) is 13.2 Å². The third-order valence-corrected chi connectivity index (χ3v) is 4.50. The fourth-order valence-electron chi connectivity index (χ4n) is 1.37. The molecule has 0 unspecified atom stereocenters. The lowest BCUT2D eigenvalue weighted by Crippen LogP contribution is -2.39. The smallest absolute Gasteiger partial charge is 0.350 e. The maximum Gasteiger partial charge on any atom is 0.388 e. The first-order chi connectivity index (χ1) is 7.44. The maximum atomic E-state index is 12.2. The zero-order valence-corrected chi connectivity index (χ0v) is 12.4.